The molecule has 0 radical (unpaired) electrons. The molecule has 2 N–H and O–H groups in total. The molecule has 7 nitrogen and oxygen atoms in total. The molecule has 2 aliphatic rings. The van der Waals surface area contributed by atoms with Crippen molar-refractivity contribution in [3.8, 4) is 11.3 Å². The fourth-order valence-corrected chi connectivity index (χ4v) is 4.63. The number of carbonyl (C=O) groups excluding carboxylic acids is 3. The quantitative estimate of drug-likeness (QED) is 0.534. The van der Waals surface area contributed by atoms with Crippen LogP contribution in [0.2, 0.25) is 0 Å². The Bertz CT molecular complexity index is 1290. The van der Waals surface area contributed by atoms with E-state index in [2.05, 4.69) is 15.3 Å². The molecule has 0 spiro atoms. The Kier molecular flexibility index (Phi) is 6.19. The van der Waals surface area contributed by atoms with Crippen LogP contribution in [0.5, 0.6) is 0 Å². The van der Waals surface area contributed by atoms with Gasteiger partial charge >= 0.3 is 0 Å². The highest BCUT2D eigenvalue weighted by Gasteiger charge is 2.43. The molecule has 2 aromatic heterocycles. The first-order chi connectivity index (χ1) is 16.9. The zero-order valence-corrected chi connectivity index (χ0v) is 19.5. The largest absolute Gasteiger partial charge is 0.356 e. The maximum atomic E-state index is 13.3. The van der Waals surface area contributed by atoms with E-state index < -0.39 is 12.1 Å². The number of hydrogen-bond donors (Lipinski definition) is 2. The lowest BCUT2D eigenvalue weighted by atomic mass is 9.93. The molecule has 1 aromatic carbocycles. The lowest BCUT2D eigenvalue weighted by Gasteiger charge is -2.26. The van der Waals surface area contributed by atoms with E-state index >= 15 is 0 Å². The van der Waals surface area contributed by atoms with Crippen molar-refractivity contribution >= 4 is 23.4 Å². The number of halogens is 1. The number of amides is 2. The Labute approximate surface area is 202 Å². The summed E-state index contributed by atoms with van der Waals surface area (Å²) in [6.07, 6.45) is 2.39. The van der Waals surface area contributed by atoms with E-state index in [1.165, 1.54) is 0 Å². The van der Waals surface area contributed by atoms with Gasteiger partial charge in [0.25, 0.3) is 0 Å². The van der Waals surface area contributed by atoms with Crippen molar-refractivity contribution in [3.63, 3.8) is 0 Å². The maximum absolute atomic E-state index is 13.3. The SMILES string of the molecule is CCCC(=O)N1CC(=O)c2c([nH]c(-c3ccnc(NC(=O)[C@@H]4C[C@@H]4F)c3)c2Cc2ccccc2)C1. The number of pyridine rings is 1. The van der Waals surface area contributed by atoms with E-state index in [9.17, 15) is 18.8 Å². The summed E-state index contributed by atoms with van der Waals surface area (Å²) in [6.45, 7) is 2.35. The molecule has 2 atom stereocenters. The molecule has 3 heterocycles. The normalized spacial score (nSPS) is 18.8. The van der Waals surface area contributed by atoms with Crippen molar-refractivity contribution in [2.45, 2.75) is 45.3 Å². The van der Waals surface area contributed by atoms with Crippen LogP contribution in [0.3, 0.4) is 0 Å². The Balaban J connectivity index is 1.52. The van der Waals surface area contributed by atoms with Crippen LogP contribution in [0, 0.1) is 5.92 Å². The molecule has 2 amide bonds. The maximum Gasteiger partial charge on any atom is 0.231 e. The monoisotopic (exact) mass is 474 g/mol. The number of anilines is 1. The number of alkyl halides is 1. The molecular weight excluding hydrogens is 447 g/mol. The smallest absolute Gasteiger partial charge is 0.231 e. The first kappa shape index (κ1) is 23.0. The average molecular weight is 475 g/mol. The number of Topliss-reactive ketones (excluding diaryl/α,β-unsaturated/α-hetero) is 1. The van der Waals surface area contributed by atoms with Crippen molar-refractivity contribution < 1.29 is 18.8 Å². The molecule has 180 valence electrons. The van der Waals surface area contributed by atoms with Crippen molar-refractivity contribution in [3.05, 3.63) is 71.0 Å². The molecule has 0 saturated heterocycles. The van der Waals surface area contributed by atoms with Crippen LogP contribution >= 0.6 is 0 Å². The summed E-state index contributed by atoms with van der Waals surface area (Å²) in [5.41, 5.74) is 4.76. The van der Waals surface area contributed by atoms with Gasteiger partial charge in [-0.05, 0) is 36.1 Å². The second-order valence-corrected chi connectivity index (χ2v) is 9.19. The van der Waals surface area contributed by atoms with Gasteiger partial charge < -0.3 is 15.2 Å². The van der Waals surface area contributed by atoms with E-state index in [0.29, 0.717) is 36.5 Å². The van der Waals surface area contributed by atoms with Crippen LogP contribution in [0.4, 0.5) is 10.2 Å². The third-order valence-electron chi connectivity index (χ3n) is 6.53. The molecule has 1 saturated carbocycles. The van der Waals surface area contributed by atoms with Crippen molar-refractivity contribution in [2.24, 2.45) is 5.92 Å². The third kappa shape index (κ3) is 4.73. The van der Waals surface area contributed by atoms with Gasteiger partial charge in [0, 0.05) is 35.9 Å². The molecular formula is C27H27FN4O3. The summed E-state index contributed by atoms with van der Waals surface area (Å²) in [5.74, 6) is -0.786. The third-order valence-corrected chi connectivity index (χ3v) is 6.53. The first-order valence-corrected chi connectivity index (χ1v) is 11.9. The standard InChI is InChI=1S/C27H27FN4O3/c1-2-6-24(34)32-14-21-25(22(33)15-32)19(11-16-7-4-3-5-8-16)26(30-21)17-9-10-29-23(12-17)31-27(35)18-13-20(18)28/h3-5,7-10,12,18,20,30H,2,6,11,13-15H2,1H3,(H,29,31,35)/t18-,20+/m1/s1. The van der Waals surface area contributed by atoms with Crippen molar-refractivity contribution in [1.82, 2.24) is 14.9 Å². The Morgan fingerprint density at radius 2 is 1.97 bits per heavy atom. The number of H-pyrrole nitrogens is 1. The van der Waals surface area contributed by atoms with Crippen LogP contribution in [0.1, 0.15) is 53.4 Å². The average Bonchev–Trinajstić information content (AvgIpc) is 3.48. The number of fused-ring (bicyclic) bond motifs is 1. The van der Waals surface area contributed by atoms with Gasteiger partial charge in [-0.25, -0.2) is 9.37 Å². The summed E-state index contributed by atoms with van der Waals surface area (Å²) in [4.78, 5) is 47.2. The van der Waals surface area contributed by atoms with Gasteiger partial charge in [-0.1, -0.05) is 37.3 Å². The fourth-order valence-electron chi connectivity index (χ4n) is 4.63. The highest BCUT2D eigenvalue weighted by atomic mass is 19.1. The Morgan fingerprint density at radius 3 is 2.69 bits per heavy atom. The van der Waals surface area contributed by atoms with Crippen LogP contribution in [0.15, 0.2) is 48.7 Å². The number of hydrogen-bond acceptors (Lipinski definition) is 4. The summed E-state index contributed by atoms with van der Waals surface area (Å²) in [6, 6.07) is 13.4. The number of rotatable bonds is 7. The predicted octanol–water partition coefficient (Wildman–Crippen LogP) is 4.29. The second-order valence-electron chi connectivity index (χ2n) is 9.19. The van der Waals surface area contributed by atoms with Gasteiger partial charge in [0.15, 0.2) is 5.78 Å². The number of nitrogens with one attached hydrogen (secondary N) is 2. The van der Waals surface area contributed by atoms with Crippen LogP contribution in [-0.2, 0) is 22.6 Å². The zero-order valence-electron chi connectivity index (χ0n) is 19.5. The van der Waals surface area contributed by atoms with E-state index in [-0.39, 0.29) is 30.6 Å². The van der Waals surface area contributed by atoms with Crippen LogP contribution in [-0.4, -0.2) is 45.2 Å². The van der Waals surface area contributed by atoms with E-state index in [4.69, 9.17) is 0 Å². The van der Waals surface area contributed by atoms with Gasteiger partial charge in [-0.15, -0.1) is 0 Å². The molecule has 5 rings (SSSR count). The Morgan fingerprint density at radius 1 is 1.20 bits per heavy atom. The lowest BCUT2D eigenvalue weighted by molar-refractivity contribution is -0.131. The molecule has 0 bridgehead atoms. The van der Waals surface area contributed by atoms with E-state index in [1.54, 1.807) is 23.2 Å². The van der Waals surface area contributed by atoms with Gasteiger partial charge in [-0.2, -0.15) is 0 Å². The van der Waals surface area contributed by atoms with Crippen molar-refractivity contribution in [2.75, 3.05) is 11.9 Å². The zero-order chi connectivity index (χ0) is 24.5. The number of benzene rings is 1. The van der Waals surface area contributed by atoms with Crippen molar-refractivity contribution in [1.29, 1.82) is 0 Å². The molecule has 3 aromatic rings. The molecule has 35 heavy (non-hydrogen) atoms. The van der Waals surface area contributed by atoms with Crippen LogP contribution < -0.4 is 5.32 Å². The summed E-state index contributed by atoms with van der Waals surface area (Å²) in [5, 5.41) is 2.70. The highest BCUT2D eigenvalue weighted by molar-refractivity contribution is 6.04. The molecule has 0 unspecified atom stereocenters. The highest BCUT2D eigenvalue weighted by Crippen LogP contribution is 2.36. The lowest BCUT2D eigenvalue weighted by Crippen LogP contribution is -2.39. The number of aromatic amines is 1. The summed E-state index contributed by atoms with van der Waals surface area (Å²) in [7, 11) is 0. The summed E-state index contributed by atoms with van der Waals surface area (Å²) >= 11 is 0. The first-order valence-electron chi connectivity index (χ1n) is 11.9. The van der Waals surface area contributed by atoms with Gasteiger partial charge in [0.2, 0.25) is 11.8 Å². The predicted molar refractivity (Wildman–Crippen MR) is 130 cm³/mol. The minimum absolute atomic E-state index is 0.0348. The van der Waals surface area contributed by atoms with Gasteiger partial charge in [0.05, 0.1) is 24.7 Å². The second kappa shape index (κ2) is 9.44. The van der Waals surface area contributed by atoms with E-state index in [1.807, 2.05) is 37.3 Å². The minimum atomic E-state index is -1.09. The Hall–Kier alpha value is -3.81. The van der Waals surface area contributed by atoms with Gasteiger partial charge in [-0.3, -0.25) is 14.4 Å². The molecule has 1 aliphatic heterocycles. The molecule has 1 fully saturated rings. The van der Waals surface area contributed by atoms with Gasteiger partial charge in [0.1, 0.15) is 12.0 Å². The topological polar surface area (TPSA) is 95.2 Å². The number of carbonyl (C=O) groups is 3. The molecule has 8 heteroatoms. The van der Waals surface area contributed by atoms with Crippen LogP contribution in [0.25, 0.3) is 11.3 Å². The number of aromatic nitrogens is 2. The van der Waals surface area contributed by atoms with E-state index in [0.717, 1.165) is 28.8 Å². The fraction of sp³-hybridized carbons (Fsp3) is 0.333. The summed E-state index contributed by atoms with van der Waals surface area (Å²) < 4.78 is 13.3. The number of nitrogens with zero attached hydrogens (tertiary/aromatic N) is 2. The molecule has 1 aliphatic carbocycles. The minimum Gasteiger partial charge on any atom is -0.356 e. The number of ketones is 1.